The maximum absolute atomic E-state index is 13.7. The number of aryl methyl sites for hydroxylation is 2. The van der Waals surface area contributed by atoms with Crippen molar-refractivity contribution < 1.29 is 14.0 Å². The summed E-state index contributed by atoms with van der Waals surface area (Å²) in [6.07, 6.45) is 0. The Hall–Kier alpha value is -2.69. The number of benzene rings is 2. The van der Waals surface area contributed by atoms with Gasteiger partial charge in [0, 0.05) is 12.0 Å². The highest BCUT2D eigenvalue weighted by Crippen LogP contribution is 2.25. The van der Waals surface area contributed by atoms with Crippen LogP contribution in [0.4, 0.5) is 10.1 Å². The number of hydrogen-bond donors (Lipinski definition) is 2. The van der Waals surface area contributed by atoms with Crippen molar-refractivity contribution in [3.05, 3.63) is 65.0 Å². The average Bonchev–Trinajstić information content (AvgIpc) is 2.56. The van der Waals surface area contributed by atoms with Gasteiger partial charge >= 0.3 is 11.8 Å². The van der Waals surface area contributed by atoms with Crippen LogP contribution in [0.25, 0.3) is 0 Å². The van der Waals surface area contributed by atoms with Gasteiger partial charge in [0.15, 0.2) is 0 Å². The van der Waals surface area contributed by atoms with E-state index in [2.05, 4.69) is 10.6 Å². The molecular weight excluding hydrogens is 319 g/mol. The van der Waals surface area contributed by atoms with E-state index in [1.807, 2.05) is 45.0 Å². The maximum atomic E-state index is 13.7. The minimum absolute atomic E-state index is 0.00156. The molecule has 0 saturated heterocycles. The molecule has 0 saturated carbocycles. The van der Waals surface area contributed by atoms with Crippen LogP contribution < -0.4 is 10.6 Å². The van der Waals surface area contributed by atoms with Gasteiger partial charge < -0.3 is 10.6 Å². The zero-order valence-electron chi connectivity index (χ0n) is 14.9. The van der Waals surface area contributed by atoms with Gasteiger partial charge in [-0.3, -0.25) is 9.59 Å². The highest BCUT2D eigenvalue weighted by Gasteiger charge is 2.25. The summed E-state index contributed by atoms with van der Waals surface area (Å²) in [6, 6.07) is 12.2. The Morgan fingerprint density at radius 3 is 2.40 bits per heavy atom. The molecule has 0 unspecified atom stereocenters. The van der Waals surface area contributed by atoms with E-state index in [4.69, 9.17) is 0 Å². The normalized spacial score (nSPS) is 11.1. The molecule has 0 radical (unpaired) electrons. The Balaban J connectivity index is 2.01. The second-order valence-electron chi connectivity index (χ2n) is 6.82. The Kier molecular flexibility index (Phi) is 5.57. The maximum Gasteiger partial charge on any atom is 0.313 e. The largest absolute Gasteiger partial charge is 0.347 e. The molecule has 0 heterocycles. The van der Waals surface area contributed by atoms with Crippen LogP contribution in [-0.4, -0.2) is 18.4 Å². The van der Waals surface area contributed by atoms with Gasteiger partial charge in [0.25, 0.3) is 0 Å². The summed E-state index contributed by atoms with van der Waals surface area (Å²) in [4.78, 5) is 24.1. The van der Waals surface area contributed by atoms with Crippen molar-refractivity contribution in [2.24, 2.45) is 0 Å². The van der Waals surface area contributed by atoms with E-state index < -0.39 is 17.6 Å². The first kappa shape index (κ1) is 18.6. The molecule has 2 N–H and O–H groups in total. The monoisotopic (exact) mass is 342 g/mol. The lowest BCUT2D eigenvalue weighted by Gasteiger charge is -2.27. The average molecular weight is 342 g/mol. The standard InChI is InChI=1S/C20H23FN2O2/c1-13-9-10-16(21)17(11-13)23-19(25)18(24)22-12-20(3,4)15-8-6-5-7-14(15)2/h5-11H,12H2,1-4H3,(H,22,24)(H,23,25). The van der Waals surface area contributed by atoms with Gasteiger partial charge in [-0.05, 0) is 42.7 Å². The molecule has 0 fully saturated rings. The molecule has 132 valence electrons. The van der Waals surface area contributed by atoms with E-state index in [1.165, 1.54) is 12.1 Å². The Bertz CT molecular complexity index is 800. The lowest BCUT2D eigenvalue weighted by molar-refractivity contribution is -0.136. The first-order valence-electron chi connectivity index (χ1n) is 8.12. The number of rotatable bonds is 4. The van der Waals surface area contributed by atoms with E-state index >= 15 is 0 Å². The van der Waals surface area contributed by atoms with Crippen molar-refractivity contribution in [2.75, 3.05) is 11.9 Å². The predicted molar refractivity (Wildman–Crippen MR) is 97.0 cm³/mol. The van der Waals surface area contributed by atoms with E-state index in [0.717, 1.165) is 16.7 Å². The fraction of sp³-hybridized carbons (Fsp3) is 0.300. The van der Waals surface area contributed by atoms with Crippen molar-refractivity contribution in [1.82, 2.24) is 5.32 Å². The van der Waals surface area contributed by atoms with Gasteiger partial charge in [-0.25, -0.2) is 4.39 Å². The molecule has 0 aliphatic heterocycles. The number of halogens is 1. The SMILES string of the molecule is Cc1ccc(F)c(NC(=O)C(=O)NCC(C)(C)c2ccccc2C)c1. The summed E-state index contributed by atoms with van der Waals surface area (Å²) in [6.45, 7) is 8.06. The molecule has 0 aliphatic carbocycles. The number of amides is 2. The zero-order chi connectivity index (χ0) is 18.6. The van der Waals surface area contributed by atoms with Gasteiger partial charge in [0.2, 0.25) is 0 Å². The molecule has 0 bridgehead atoms. The summed E-state index contributed by atoms with van der Waals surface area (Å²) in [5, 5.41) is 4.94. The highest BCUT2D eigenvalue weighted by molar-refractivity contribution is 6.39. The molecule has 0 atom stereocenters. The van der Waals surface area contributed by atoms with E-state index in [9.17, 15) is 14.0 Å². The summed E-state index contributed by atoms with van der Waals surface area (Å²) in [7, 11) is 0. The number of nitrogens with one attached hydrogen (secondary N) is 2. The zero-order valence-corrected chi connectivity index (χ0v) is 14.9. The van der Waals surface area contributed by atoms with Crippen molar-refractivity contribution in [1.29, 1.82) is 0 Å². The van der Waals surface area contributed by atoms with Gasteiger partial charge in [0.05, 0.1) is 5.69 Å². The van der Waals surface area contributed by atoms with Crippen LogP contribution >= 0.6 is 0 Å². The van der Waals surface area contributed by atoms with Gasteiger partial charge in [-0.15, -0.1) is 0 Å². The molecule has 0 aliphatic rings. The topological polar surface area (TPSA) is 58.2 Å². The fourth-order valence-electron chi connectivity index (χ4n) is 2.72. The molecule has 2 aromatic carbocycles. The lowest BCUT2D eigenvalue weighted by atomic mass is 9.82. The Labute approximate surface area is 147 Å². The molecule has 0 spiro atoms. The summed E-state index contributed by atoms with van der Waals surface area (Å²) >= 11 is 0. The molecule has 2 amide bonds. The molecule has 5 heteroatoms. The lowest BCUT2D eigenvalue weighted by Crippen LogP contribution is -2.42. The van der Waals surface area contributed by atoms with E-state index in [0.29, 0.717) is 6.54 Å². The molecule has 0 aromatic heterocycles. The summed E-state index contributed by atoms with van der Waals surface area (Å²) in [5.41, 5.74) is 2.67. The fourth-order valence-corrected chi connectivity index (χ4v) is 2.72. The highest BCUT2D eigenvalue weighted by atomic mass is 19.1. The van der Waals surface area contributed by atoms with Crippen LogP contribution in [0.1, 0.15) is 30.5 Å². The molecule has 2 rings (SSSR count). The molecular formula is C20H23FN2O2. The summed E-state index contributed by atoms with van der Waals surface area (Å²) in [5.74, 6) is -2.25. The van der Waals surface area contributed by atoms with Crippen LogP contribution in [-0.2, 0) is 15.0 Å². The minimum Gasteiger partial charge on any atom is -0.347 e. The van der Waals surface area contributed by atoms with Crippen molar-refractivity contribution in [3.8, 4) is 0 Å². The molecule has 25 heavy (non-hydrogen) atoms. The second kappa shape index (κ2) is 7.47. The third-order valence-corrected chi connectivity index (χ3v) is 4.14. The molecule has 2 aromatic rings. The van der Waals surface area contributed by atoms with Crippen LogP contribution in [0.2, 0.25) is 0 Å². The minimum atomic E-state index is -0.884. The number of carbonyl (C=O) groups excluding carboxylic acids is 2. The quantitative estimate of drug-likeness (QED) is 0.836. The molecule has 4 nitrogen and oxygen atoms in total. The van der Waals surface area contributed by atoms with Crippen molar-refractivity contribution in [3.63, 3.8) is 0 Å². The van der Waals surface area contributed by atoms with E-state index in [-0.39, 0.29) is 11.1 Å². The number of hydrogen-bond acceptors (Lipinski definition) is 2. The van der Waals surface area contributed by atoms with Crippen LogP contribution in [0.3, 0.4) is 0 Å². The number of anilines is 1. The Morgan fingerprint density at radius 1 is 1.04 bits per heavy atom. The first-order chi connectivity index (χ1) is 11.7. The van der Waals surface area contributed by atoms with Gasteiger partial charge in [0.1, 0.15) is 5.82 Å². The third-order valence-electron chi connectivity index (χ3n) is 4.14. The Morgan fingerprint density at radius 2 is 1.72 bits per heavy atom. The van der Waals surface area contributed by atoms with Crippen molar-refractivity contribution >= 4 is 17.5 Å². The van der Waals surface area contributed by atoms with E-state index in [1.54, 1.807) is 13.0 Å². The summed E-state index contributed by atoms with van der Waals surface area (Å²) < 4.78 is 13.7. The van der Waals surface area contributed by atoms with Crippen LogP contribution in [0, 0.1) is 19.7 Å². The first-order valence-corrected chi connectivity index (χ1v) is 8.12. The van der Waals surface area contributed by atoms with Gasteiger partial charge in [-0.1, -0.05) is 44.2 Å². The second-order valence-corrected chi connectivity index (χ2v) is 6.82. The smallest absolute Gasteiger partial charge is 0.313 e. The van der Waals surface area contributed by atoms with Gasteiger partial charge in [-0.2, -0.15) is 0 Å². The van der Waals surface area contributed by atoms with Crippen LogP contribution in [0.15, 0.2) is 42.5 Å². The number of carbonyl (C=O) groups is 2. The predicted octanol–water partition coefficient (Wildman–Crippen LogP) is 3.48. The van der Waals surface area contributed by atoms with Crippen LogP contribution in [0.5, 0.6) is 0 Å². The van der Waals surface area contributed by atoms with Crippen molar-refractivity contribution in [2.45, 2.75) is 33.1 Å². The third kappa shape index (κ3) is 4.66.